The maximum Gasteiger partial charge on any atom is 0.416 e. The number of carbonyl (C=O) groups excluding carboxylic acids is 2. The van der Waals surface area contributed by atoms with Gasteiger partial charge >= 0.3 is 6.18 Å². The van der Waals surface area contributed by atoms with Crippen LogP contribution < -0.4 is 5.32 Å². The molecule has 4 rings (SSSR count). The second-order valence-electron chi connectivity index (χ2n) is 9.91. The van der Waals surface area contributed by atoms with Crippen molar-refractivity contribution in [2.45, 2.75) is 69.0 Å². The molecule has 0 saturated carbocycles. The summed E-state index contributed by atoms with van der Waals surface area (Å²) in [5, 5.41) is 3.05. The molecule has 0 bridgehead atoms. The van der Waals surface area contributed by atoms with Crippen molar-refractivity contribution < 1.29 is 27.5 Å². The molecule has 3 fully saturated rings. The normalized spacial score (nSPS) is 28.1. The molecule has 3 aliphatic heterocycles. The zero-order valence-corrected chi connectivity index (χ0v) is 20.4. The molecule has 1 aromatic rings. The molecular formula is C25H35F3N4O3. The fourth-order valence-corrected chi connectivity index (χ4v) is 5.82. The smallest absolute Gasteiger partial charge is 0.383 e. The first-order chi connectivity index (χ1) is 16.7. The standard InChI is InChI=1S/C25H35F3N4O3/c1-30-19(9-10-22(33)32-12-3-4-20(32)16-35-2)14-29-24(34)23-21(30)11-13-31(23)15-17-5-7-18(8-6-17)25(26,27)28/h5-8,19-21,23H,3-4,9-16H2,1-2H3,(H,29,34). The Bertz CT molecular complexity index is 895. The maximum absolute atomic E-state index is 13.0. The number of alkyl halides is 3. The van der Waals surface area contributed by atoms with Crippen LogP contribution in [-0.2, 0) is 27.0 Å². The molecule has 4 unspecified atom stereocenters. The Balaban J connectivity index is 1.36. The van der Waals surface area contributed by atoms with Gasteiger partial charge in [0.05, 0.1) is 18.2 Å². The van der Waals surface area contributed by atoms with Gasteiger partial charge in [0.2, 0.25) is 11.8 Å². The highest BCUT2D eigenvalue weighted by molar-refractivity contribution is 5.83. The first kappa shape index (κ1) is 25.9. The zero-order chi connectivity index (χ0) is 25.2. The molecule has 35 heavy (non-hydrogen) atoms. The highest BCUT2D eigenvalue weighted by Gasteiger charge is 2.45. The Labute approximate surface area is 204 Å². The van der Waals surface area contributed by atoms with Gasteiger partial charge in [0.1, 0.15) is 6.04 Å². The minimum atomic E-state index is -4.36. The third-order valence-corrected chi connectivity index (χ3v) is 7.76. The number of fused-ring (bicyclic) bond motifs is 1. The van der Waals surface area contributed by atoms with Crippen LogP contribution in [0.3, 0.4) is 0 Å². The number of likely N-dealkylation sites (tertiary alicyclic amines) is 2. The molecule has 194 valence electrons. The number of ether oxygens (including phenoxy) is 1. The number of amides is 2. The molecule has 3 saturated heterocycles. The summed E-state index contributed by atoms with van der Waals surface area (Å²) in [5.74, 6) is 0.0835. The van der Waals surface area contributed by atoms with Crippen LogP contribution in [0.2, 0.25) is 0 Å². The van der Waals surface area contributed by atoms with Gasteiger partial charge in [0, 0.05) is 51.8 Å². The number of halogens is 3. The van der Waals surface area contributed by atoms with E-state index in [0.717, 1.165) is 43.5 Å². The SMILES string of the molecule is COCC1CCCN1C(=O)CCC1CNC(=O)C2C(CCN2Cc2ccc(C(F)(F)F)cc2)N1C. The van der Waals surface area contributed by atoms with Crippen LogP contribution in [0.5, 0.6) is 0 Å². The number of methoxy groups -OCH3 is 1. The summed E-state index contributed by atoms with van der Waals surface area (Å²) in [6.07, 6.45) is -0.514. The predicted molar refractivity (Wildman–Crippen MR) is 124 cm³/mol. The quantitative estimate of drug-likeness (QED) is 0.629. The van der Waals surface area contributed by atoms with E-state index < -0.39 is 11.7 Å². The lowest BCUT2D eigenvalue weighted by Gasteiger charge is -2.33. The van der Waals surface area contributed by atoms with Gasteiger partial charge < -0.3 is 15.0 Å². The molecular weight excluding hydrogens is 461 g/mol. The van der Waals surface area contributed by atoms with E-state index >= 15 is 0 Å². The van der Waals surface area contributed by atoms with Crippen LogP contribution in [0.25, 0.3) is 0 Å². The largest absolute Gasteiger partial charge is 0.416 e. The van der Waals surface area contributed by atoms with Crippen molar-refractivity contribution >= 4 is 11.8 Å². The van der Waals surface area contributed by atoms with Gasteiger partial charge in [-0.3, -0.25) is 19.4 Å². The number of rotatable bonds is 7. The van der Waals surface area contributed by atoms with Crippen LogP contribution in [0.15, 0.2) is 24.3 Å². The van der Waals surface area contributed by atoms with Gasteiger partial charge in [-0.05, 0) is 50.4 Å². The van der Waals surface area contributed by atoms with Gasteiger partial charge in [-0.25, -0.2) is 0 Å². The molecule has 1 N–H and O–H groups in total. The van der Waals surface area contributed by atoms with Crippen LogP contribution in [0.4, 0.5) is 13.2 Å². The third-order valence-electron chi connectivity index (χ3n) is 7.76. The first-order valence-electron chi connectivity index (χ1n) is 12.4. The van der Waals surface area contributed by atoms with Gasteiger partial charge in [-0.2, -0.15) is 13.2 Å². The summed E-state index contributed by atoms with van der Waals surface area (Å²) in [6.45, 7) is 2.91. The minimum absolute atomic E-state index is 0.0000712. The Morgan fingerprint density at radius 2 is 1.89 bits per heavy atom. The molecule has 4 atom stereocenters. The average molecular weight is 497 g/mol. The van der Waals surface area contributed by atoms with E-state index in [2.05, 4.69) is 10.2 Å². The molecule has 0 aliphatic carbocycles. The lowest BCUT2D eigenvalue weighted by atomic mass is 10.0. The van der Waals surface area contributed by atoms with E-state index in [9.17, 15) is 22.8 Å². The lowest BCUT2D eigenvalue weighted by molar-refractivity contribution is -0.137. The lowest BCUT2D eigenvalue weighted by Crippen LogP contribution is -2.49. The van der Waals surface area contributed by atoms with Gasteiger partial charge in [0.25, 0.3) is 0 Å². The van der Waals surface area contributed by atoms with Crippen LogP contribution in [-0.4, -0.2) is 91.1 Å². The van der Waals surface area contributed by atoms with Crippen molar-refractivity contribution in [3.8, 4) is 0 Å². The third kappa shape index (κ3) is 5.81. The van der Waals surface area contributed by atoms with Crippen LogP contribution in [0, 0.1) is 0 Å². The summed E-state index contributed by atoms with van der Waals surface area (Å²) in [7, 11) is 3.67. The van der Waals surface area contributed by atoms with Crippen molar-refractivity contribution in [1.82, 2.24) is 20.0 Å². The van der Waals surface area contributed by atoms with Crippen molar-refractivity contribution in [2.75, 3.05) is 40.4 Å². The van der Waals surface area contributed by atoms with Crippen LogP contribution >= 0.6 is 0 Å². The number of likely N-dealkylation sites (N-methyl/N-ethyl adjacent to an activating group) is 1. The summed E-state index contributed by atoms with van der Waals surface area (Å²) in [4.78, 5) is 32.1. The monoisotopic (exact) mass is 496 g/mol. The predicted octanol–water partition coefficient (Wildman–Crippen LogP) is 2.50. The highest BCUT2D eigenvalue weighted by Crippen LogP contribution is 2.31. The van der Waals surface area contributed by atoms with Crippen molar-refractivity contribution in [3.05, 3.63) is 35.4 Å². The Morgan fingerprint density at radius 3 is 2.57 bits per heavy atom. The second-order valence-corrected chi connectivity index (χ2v) is 9.91. The molecule has 10 heteroatoms. The average Bonchev–Trinajstić information content (AvgIpc) is 3.43. The van der Waals surface area contributed by atoms with E-state index in [-0.39, 0.29) is 36.0 Å². The van der Waals surface area contributed by atoms with Gasteiger partial charge in [-0.15, -0.1) is 0 Å². The number of nitrogens with zero attached hydrogens (tertiary/aromatic N) is 3. The van der Waals surface area contributed by atoms with Gasteiger partial charge in [0.15, 0.2) is 0 Å². The van der Waals surface area contributed by atoms with E-state index in [1.165, 1.54) is 12.1 Å². The van der Waals surface area contributed by atoms with E-state index in [1.54, 1.807) is 7.11 Å². The molecule has 3 heterocycles. The topological polar surface area (TPSA) is 65.1 Å². The fraction of sp³-hybridized carbons (Fsp3) is 0.680. The van der Waals surface area contributed by atoms with Gasteiger partial charge in [-0.1, -0.05) is 12.1 Å². The molecule has 0 spiro atoms. The first-order valence-corrected chi connectivity index (χ1v) is 12.4. The summed E-state index contributed by atoms with van der Waals surface area (Å²) >= 11 is 0. The zero-order valence-electron chi connectivity index (χ0n) is 20.4. The Hall–Kier alpha value is -2.17. The summed E-state index contributed by atoms with van der Waals surface area (Å²) in [6, 6.07) is 4.98. The Kier molecular flexibility index (Phi) is 8.02. The number of benzene rings is 1. The van der Waals surface area contributed by atoms with Crippen molar-refractivity contribution in [2.24, 2.45) is 0 Å². The summed E-state index contributed by atoms with van der Waals surface area (Å²) in [5.41, 5.74) is 0.0732. The number of nitrogens with one attached hydrogen (secondary N) is 1. The van der Waals surface area contributed by atoms with Crippen molar-refractivity contribution in [3.63, 3.8) is 0 Å². The minimum Gasteiger partial charge on any atom is -0.383 e. The molecule has 2 amide bonds. The van der Waals surface area contributed by atoms with E-state index in [0.29, 0.717) is 39.1 Å². The molecule has 0 aromatic heterocycles. The number of carbonyl (C=O) groups is 2. The second kappa shape index (κ2) is 10.8. The molecule has 0 radical (unpaired) electrons. The molecule has 1 aromatic carbocycles. The van der Waals surface area contributed by atoms with E-state index in [4.69, 9.17) is 4.74 Å². The molecule has 3 aliphatic rings. The van der Waals surface area contributed by atoms with Crippen LogP contribution in [0.1, 0.15) is 43.2 Å². The van der Waals surface area contributed by atoms with E-state index in [1.807, 2.05) is 16.8 Å². The van der Waals surface area contributed by atoms with Crippen molar-refractivity contribution in [1.29, 1.82) is 0 Å². The number of hydrogen-bond acceptors (Lipinski definition) is 5. The fourth-order valence-electron chi connectivity index (χ4n) is 5.82. The molecule has 7 nitrogen and oxygen atoms in total. The Morgan fingerprint density at radius 1 is 1.14 bits per heavy atom. The highest BCUT2D eigenvalue weighted by atomic mass is 19.4. The number of hydrogen-bond donors (Lipinski definition) is 1. The summed E-state index contributed by atoms with van der Waals surface area (Å²) < 4.78 is 43.9. The maximum atomic E-state index is 13.0.